The van der Waals surface area contributed by atoms with E-state index in [9.17, 15) is 14.4 Å². The van der Waals surface area contributed by atoms with Gasteiger partial charge in [0.2, 0.25) is 11.8 Å². The van der Waals surface area contributed by atoms with E-state index >= 15 is 0 Å². The van der Waals surface area contributed by atoms with Crippen molar-refractivity contribution in [1.82, 2.24) is 10.2 Å². The Labute approximate surface area is 151 Å². The lowest BCUT2D eigenvalue weighted by atomic mass is 10.0. The van der Waals surface area contributed by atoms with Crippen LogP contribution in [0.15, 0.2) is 15.0 Å². The van der Waals surface area contributed by atoms with Gasteiger partial charge in [-0.05, 0) is 72.5 Å². The van der Waals surface area contributed by atoms with E-state index in [0.717, 1.165) is 13.6 Å². The maximum atomic E-state index is 12.7. The van der Waals surface area contributed by atoms with Crippen molar-refractivity contribution in [3.8, 4) is 0 Å². The Morgan fingerprint density at radius 3 is 2.67 bits per heavy atom. The number of halogens is 3. The van der Waals surface area contributed by atoms with Gasteiger partial charge in [-0.25, -0.2) is 0 Å². The number of nitrogens with one attached hydrogen (secondary N) is 1. The van der Waals surface area contributed by atoms with Gasteiger partial charge in [0, 0.05) is 25.5 Å². The number of benzene rings is 1. The van der Waals surface area contributed by atoms with Crippen LogP contribution < -0.4 is 5.32 Å². The fourth-order valence-electron chi connectivity index (χ4n) is 2.63. The fourth-order valence-corrected chi connectivity index (χ4v) is 4.76. The van der Waals surface area contributed by atoms with E-state index in [1.54, 1.807) is 4.90 Å². The summed E-state index contributed by atoms with van der Waals surface area (Å²) >= 11 is 9.03. The average Bonchev–Trinajstić information content (AvgIpc) is 2.75. The average molecular weight is 528 g/mol. The predicted octanol–water partition coefficient (Wildman–Crippen LogP) is 2.58. The zero-order valence-corrected chi connectivity index (χ0v) is 15.9. The highest BCUT2D eigenvalue weighted by Crippen LogP contribution is 2.39. The van der Waals surface area contributed by atoms with Crippen LogP contribution in [0, 0.1) is 3.57 Å². The van der Waals surface area contributed by atoms with E-state index < -0.39 is 11.9 Å². The summed E-state index contributed by atoms with van der Waals surface area (Å²) in [5.74, 6) is -0.845. The number of carbonyl (C=O) groups excluding carboxylic acids is 3. The molecule has 8 heteroatoms. The van der Waals surface area contributed by atoms with Gasteiger partial charge >= 0.3 is 0 Å². The SMILES string of the molecule is O=C1CCC(N2Cc3c(I)cc(Br)c(Br)c3C2=O)C(=O)N1. The van der Waals surface area contributed by atoms with Crippen LogP contribution in [0.5, 0.6) is 0 Å². The quantitative estimate of drug-likeness (QED) is 0.347. The maximum Gasteiger partial charge on any atom is 0.256 e. The number of carbonyl (C=O) groups is 3. The van der Waals surface area contributed by atoms with Crippen LogP contribution in [-0.4, -0.2) is 28.7 Å². The minimum atomic E-state index is -0.580. The van der Waals surface area contributed by atoms with E-state index in [4.69, 9.17) is 0 Å². The van der Waals surface area contributed by atoms with Crippen molar-refractivity contribution in [2.24, 2.45) is 0 Å². The largest absolute Gasteiger partial charge is 0.322 e. The van der Waals surface area contributed by atoms with Crippen LogP contribution in [0.3, 0.4) is 0 Å². The summed E-state index contributed by atoms with van der Waals surface area (Å²) < 4.78 is 2.49. The molecule has 5 nitrogen and oxygen atoms in total. The number of rotatable bonds is 1. The zero-order chi connectivity index (χ0) is 15.3. The molecular weight excluding hydrogens is 519 g/mol. The number of fused-ring (bicyclic) bond motifs is 1. The summed E-state index contributed by atoms with van der Waals surface area (Å²) in [5, 5.41) is 2.30. The highest BCUT2D eigenvalue weighted by atomic mass is 127. The second kappa shape index (κ2) is 5.62. The predicted molar refractivity (Wildman–Crippen MR) is 90.6 cm³/mol. The highest BCUT2D eigenvalue weighted by molar-refractivity contribution is 14.1. The van der Waals surface area contributed by atoms with Gasteiger partial charge in [-0.3, -0.25) is 19.7 Å². The molecule has 0 radical (unpaired) electrons. The van der Waals surface area contributed by atoms with Gasteiger partial charge in [-0.1, -0.05) is 0 Å². The molecule has 3 rings (SSSR count). The van der Waals surface area contributed by atoms with E-state index in [1.807, 2.05) is 6.07 Å². The van der Waals surface area contributed by atoms with Crippen LogP contribution in [0.25, 0.3) is 0 Å². The molecule has 0 bridgehead atoms. The minimum absolute atomic E-state index is 0.175. The Hall–Kier alpha value is -0.480. The van der Waals surface area contributed by atoms with Crippen molar-refractivity contribution in [2.75, 3.05) is 0 Å². The third-order valence-electron chi connectivity index (χ3n) is 3.66. The minimum Gasteiger partial charge on any atom is -0.322 e. The zero-order valence-electron chi connectivity index (χ0n) is 10.6. The lowest BCUT2D eigenvalue weighted by Gasteiger charge is -2.29. The molecule has 0 aromatic heterocycles. The van der Waals surface area contributed by atoms with Crippen molar-refractivity contribution in [3.05, 3.63) is 29.7 Å². The molecule has 1 unspecified atom stereocenters. The van der Waals surface area contributed by atoms with Crippen LogP contribution in [-0.2, 0) is 16.1 Å². The number of hydrogen-bond donors (Lipinski definition) is 1. The first-order chi connectivity index (χ1) is 9.90. The molecule has 1 aromatic rings. The van der Waals surface area contributed by atoms with Gasteiger partial charge in [0.25, 0.3) is 5.91 Å². The van der Waals surface area contributed by atoms with Gasteiger partial charge in [0.1, 0.15) is 6.04 Å². The van der Waals surface area contributed by atoms with E-state index in [1.165, 1.54) is 0 Å². The molecular formula is C13H9Br2IN2O3. The molecule has 1 aromatic carbocycles. The summed E-state index contributed by atoms with van der Waals surface area (Å²) in [5.41, 5.74) is 1.51. The number of nitrogens with zero attached hydrogens (tertiary/aromatic N) is 1. The summed E-state index contributed by atoms with van der Waals surface area (Å²) in [4.78, 5) is 37.4. The van der Waals surface area contributed by atoms with Crippen LogP contribution in [0.4, 0.5) is 0 Å². The van der Waals surface area contributed by atoms with Gasteiger partial charge in [-0.2, -0.15) is 0 Å². The van der Waals surface area contributed by atoms with Crippen LogP contribution in [0.1, 0.15) is 28.8 Å². The molecule has 0 saturated carbocycles. The summed E-state index contributed by atoms with van der Waals surface area (Å²) in [6.07, 6.45) is 0.637. The standard InChI is InChI=1S/C13H9Br2IN2O3/c14-6-3-7(16)5-4-18(13(21)10(5)11(6)15)8-1-2-9(19)17-12(8)20/h3,8H,1-2,4H2,(H,17,19,20). The molecule has 2 aliphatic heterocycles. The molecule has 21 heavy (non-hydrogen) atoms. The summed E-state index contributed by atoms with van der Waals surface area (Å²) in [7, 11) is 0. The molecule has 3 amide bonds. The third-order valence-corrected chi connectivity index (χ3v) is 6.61. The molecule has 1 N–H and O–H groups in total. The molecule has 2 aliphatic rings. The third kappa shape index (κ3) is 2.55. The molecule has 1 fully saturated rings. The van der Waals surface area contributed by atoms with Gasteiger partial charge in [0.15, 0.2) is 0 Å². The normalized spacial score (nSPS) is 21.6. The first-order valence-corrected chi connectivity index (χ1v) is 8.87. The first kappa shape index (κ1) is 15.4. The Morgan fingerprint density at radius 2 is 2.00 bits per heavy atom. The van der Waals surface area contributed by atoms with Crippen molar-refractivity contribution in [3.63, 3.8) is 0 Å². The summed E-state index contributed by atoms with van der Waals surface area (Å²) in [6, 6.07) is 1.36. The van der Waals surface area contributed by atoms with Crippen molar-refractivity contribution < 1.29 is 14.4 Å². The Kier molecular flexibility index (Phi) is 4.12. The Balaban J connectivity index is 1.98. The Bertz CT molecular complexity index is 692. The summed E-state index contributed by atoms with van der Waals surface area (Å²) in [6.45, 7) is 0.393. The fraction of sp³-hybridized carbons (Fsp3) is 0.308. The molecule has 0 aliphatic carbocycles. The Morgan fingerprint density at radius 1 is 1.29 bits per heavy atom. The number of amides is 3. The van der Waals surface area contributed by atoms with Crippen LogP contribution in [0.2, 0.25) is 0 Å². The molecule has 110 valence electrons. The maximum absolute atomic E-state index is 12.7. The lowest BCUT2D eigenvalue weighted by molar-refractivity contribution is -0.136. The highest BCUT2D eigenvalue weighted by Gasteiger charge is 2.41. The first-order valence-electron chi connectivity index (χ1n) is 6.21. The van der Waals surface area contributed by atoms with Crippen LogP contribution >= 0.6 is 54.5 Å². The second-order valence-corrected chi connectivity index (χ2v) is 7.72. The molecule has 2 heterocycles. The van der Waals surface area contributed by atoms with Crippen molar-refractivity contribution >= 4 is 72.2 Å². The van der Waals surface area contributed by atoms with Gasteiger partial charge < -0.3 is 4.90 Å². The smallest absolute Gasteiger partial charge is 0.256 e. The molecule has 0 spiro atoms. The number of piperidine rings is 1. The molecule has 1 atom stereocenters. The molecule has 1 saturated heterocycles. The van der Waals surface area contributed by atoms with E-state index in [2.05, 4.69) is 59.8 Å². The van der Waals surface area contributed by atoms with Crippen molar-refractivity contribution in [1.29, 1.82) is 0 Å². The number of hydrogen-bond acceptors (Lipinski definition) is 3. The van der Waals surface area contributed by atoms with E-state index in [0.29, 0.717) is 23.0 Å². The lowest BCUT2D eigenvalue weighted by Crippen LogP contribution is -2.52. The van der Waals surface area contributed by atoms with Gasteiger partial charge in [0.05, 0.1) is 5.56 Å². The van der Waals surface area contributed by atoms with E-state index in [-0.39, 0.29) is 18.2 Å². The second-order valence-electron chi connectivity index (χ2n) is 4.91. The number of imide groups is 1. The topological polar surface area (TPSA) is 66.5 Å². The van der Waals surface area contributed by atoms with Gasteiger partial charge in [-0.15, -0.1) is 0 Å². The van der Waals surface area contributed by atoms with Crippen molar-refractivity contribution in [2.45, 2.75) is 25.4 Å². The monoisotopic (exact) mass is 526 g/mol.